The maximum absolute atomic E-state index is 12.0. The highest BCUT2D eigenvalue weighted by atomic mass is 16.5. The second-order valence-electron chi connectivity index (χ2n) is 7.96. The minimum Gasteiger partial charge on any atom is -0.427 e. The average Bonchev–Trinajstić information content (AvgIpc) is 2.76. The van der Waals surface area contributed by atoms with Crippen molar-refractivity contribution in [2.45, 2.75) is 84.0 Å². The predicted molar refractivity (Wildman–Crippen MR) is 129 cm³/mol. The van der Waals surface area contributed by atoms with Crippen molar-refractivity contribution >= 4 is 16.7 Å². The molecule has 2 heteroatoms. The lowest BCUT2D eigenvalue weighted by atomic mass is 10.1. The van der Waals surface area contributed by atoms with Gasteiger partial charge in [-0.05, 0) is 61.4 Å². The summed E-state index contributed by atoms with van der Waals surface area (Å²) in [6, 6.07) is 13.9. The van der Waals surface area contributed by atoms with Crippen molar-refractivity contribution in [1.82, 2.24) is 0 Å². The van der Waals surface area contributed by atoms with Gasteiger partial charge in [0.15, 0.2) is 0 Å². The number of hydrogen-bond donors (Lipinski definition) is 0. The van der Waals surface area contributed by atoms with E-state index in [4.69, 9.17) is 4.74 Å². The fourth-order valence-corrected chi connectivity index (χ4v) is 3.49. The molecule has 0 spiro atoms. The van der Waals surface area contributed by atoms with E-state index in [0.29, 0.717) is 12.2 Å². The molecule has 0 N–H and O–H groups in total. The lowest BCUT2D eigenvalue weighted by Gasteiger charge is -2.06. The van der Waals surface area contributed by atoms with Crippen LogP contribution in [0.1, 0.15) is 84.0 Å². The number of allylic oxidation sites excluding steroid dienone is 4. The number of hydrogen-bond acceptors (Lipinski definition) is 2. The zero-order valence-corrected chi connectivity index (χ0v) is 18.7. The van der Waals surface area contributed by atoms with Gasteiger partial charge in [0.1, 0.15) is 5.75 Å². The summed E-state index contributed by atoms with van der Waals surface area (Å²) >= 11 is 0. The minimum atomic E-state index is -0.129. The SMILES string of the molecule is CCCCCC=CCC=CCCCCCCCC(=O)Oc1ccc2ccccc2c1. The van der Waals surface area contributed by atoms with E-state index in [0.717, 1.165) is 36.5 Å². The molecule has 162 valence electrons. The predicted octanol–water partition coefficient (Wildman–Crippen LogP) is 8.56. The van der Waals surface area contributed by atoms with Crippen molar-refractivity contribution in [2.75, 3.05) is 0 Å². The first-order valence-corrected chi connectivity index (χ1v) is 11.8. The van der Waals surface area contributed by atoms with Crippen LogP contribution in [0.4, 0.5) is 0 Å². The molecule has 0 fully saturated rings. The first-order chi connectivity index (χ1) is 14.8. The van der Waals surface area contributed by atoms with Crippen LogP contribution in [-0.4, -0.2) is 5.97 Å². The molecule has 0 atom stereocenters. The zero-order chi connectivity index (χ0) is 21.3. The summed E-state index contributed by atoms with van der Waals surface area (Å²) in [5.74, 6) is 0.511. The molecule has 0 bridgehead atoms. The number of benzene rings is 2. The monoisotopic (exact) mass is 406 g/mol. The third kappa shape index (κ3) is 10.4. The van der Waals surface area contributed by atoms with Gasteiger partial charge in [-0.1, -0.05) is 93.7 Å². The molecule has 0 aliphatic rings. The van der Waals surface area contributed by atoms with E-state index in [1.165, 1.54) is 44.9 Å². The van der Waals surface area contributed by atoms with Crippen LogP contribution in [0.2, 0.25) is 0 Å². The standard InChI is InChI=1S/C28H38O2/c1-2-3-4-5-6-7-8-9-10-11-12-13-14-15-16-21-28(29)30-27-23-22-25-19-17-18-20-26(25)24-27/h6-7,9-10,17-20,22-24H,2-5,8,11-16,21H2,1H3. The summed E-state index contributed by atoms with van der Waals surface area (Å²) in [4.78, 5) is 12.0. The Hall–Kier alpha value is -2.35. The Labute approximate surface area is 183 Å². The molecule has 0 aliphatic carbocycles. The highest BCUT2D eigenvalue weighted by molar-refractivity contribution is 5.84. The maximum atomic E-state index is 12.0. The molecule has 2 nitrogen and oxygen atoms in total. The Morgan fingerprint density at radius 3 is 2.20 bits per heavy atom. The zero-order valence-electron chi connectivity index (χ0n) is 18.7. The summed E-state index contributed by atoms with van der Waals surface area (Å²) in [6.07, 6.45) is 22.7. The lowest BCUT2D eigenvalue weighted by Crippen LogP contribution is -2.07. The number of carbonyl (C=O) groups is 1. The van der Waals surface area contributed by atoms with Gasteiger partial charge in [-0.25, -0.2) is 0 Å². The van der Waals surface area contributed by atoms with Crippen LogP contribution in [0.3, 0.4) is 0 Å². The van der Waals surface area contributed by atoms with Gasteiger partial charge in [0, 0.05) is 6.42 Å². The Balaban J connectivity index is 1.45. The first-order valence-electron chi connectivity index (χ1n) is 11.8. The summed E-state index contributed by atoms with van der Waals surface area (Å²) in [7, 11) is 0. The highest BCUT2D eigenvalue weighted by Gasteiger charge is 2.05. The molecule has 0 heterocycles. The van der Waals surface area contributed by atoms with Crippen LogP contribution in [0, 0.1) is 0 Å². The molecule has 2 aromatic carbocycles. The van der Waals surface area contributed by atoms with Gasteiger partial charge >= 0.3 is 5.97 Å². The molecule has 30 heavy (non-hydrogen) atoms. The molecule has 0 unspecified atom stereocenters. The van der Waals surface area contributed by atoms with Crippen molar-refractivity contribution in [3.8, 4) is 5.75 Å². The number of carbonyl (C=O) groups excluding carboxylic acids is 1. The smallest absolute Gasteiger partial charge is 0.311 e. The topological polar surface area (TPSA) is 26.3 Å². The Bertz CT molecular complexity index is 788. The van der Waals surface area contributed by atoms with E-state index in [1.807, 2.05) is 36.4 Å². The summed E-state index contributed by atoms with van der Waals surface area (Å²) < 4.78 is 5.49. The molecule has 2 rings (SSSR count). The Kier molecular flexibility index (Phi) is 12.3. The van der Waals surface area contributed by atoms with Crippen molar-refractivity contribution in [3.63, 3.8) is 0 Å². The van der Waals surface area contributed by atoms with Crippen LogP contribution in [0.25, 0.3) is 10.8 Å². The number of ether oxygens (including phenoxy) is 1. The second-order valence-corrected chi connectivity index (χ2v) is 7.96. The van der Waals surface area contributed by atoms with E-state index in [2.05, 4.69) is 37.3 Å². The summed E-state index contributed by atoms with van der Waals surface area (Å²) in [5.41, 5.74) is 0. The second kappa shape index (κ2) is 15.5. The van der Waals surface area contributed by atoms with Crippen molar-refractivity contribution in [2.24, 2.45) is 0 Å². The van der Waals surface area contributed by atoms with E-state index in [-0.39, 0.29) is 5.97 Å². The Morgan fingerprint density at radius 1 is 0.767 bits per heavy atom. The maximum Gasteiger partial charge on any atom is 0.311 e. The third-order valence-corrected chi connectivity index (χ3v) is 5.28. The molecule has 0 radical (unpaired) electrons. The van der Waals surface area contributed by atoms with Gasteiger partial charge in [-0.2, -0.15) is 0 Å². The van der Waals surface area contributed by atoms with E-state index in [1.54, 1.807) is 0 Å². The largest absolute Gasteiger partial charge is 0.427 e. The molecule has 0 saturated carbocycles. The fourth-order valence-electron chi connectivity index (χ4n) is 3.49. The third-order valence-electron chi connectivity index (χ3n) is 5.28. The van der Waals surface area contributed by atoms with E-state index < -0.39 is 0 Å². The summed E-state index contributed by atoms with van der Waals surface area (Å²) in [6.45, 7) is 2.24. The highest BCUT2D eigenvalue weighted by Crippen LogP contribution is 2.21. The van der Waals surface area contributed by atoms with Crippen LogP contribution < -0.4 is 4.74 Å². The molecule has 0 aromatic heterocycles. The fraction of sp³-hybridized carbons (Fsp3) is 0.464. The normalized spacial score (nSPS) is 11.6. The Morgan fingerprint density at radius 2 is 1.43 bits per heavy atom. The molecule has 0 aliphatic heterocycles. The number of fused-ring (bicyclic) bond motifs is 1. The lowest BCUT2D eigenvalue weighted by molar-refractivity contribution is -0.134. The van der Waals surface area contributed by atoms with Gasteiger partial charge in [0.25, 0.3) is 0 Å². The van der Waals surface area contributed by atoms with Crippen LogP contribution in [-0.2, 0) is 4.79 Å². The molecule has 0 amide bonds. The molecule has 0 saturated heterocycles. The molecular weight excluding hydrogens is 368 g/mol. The van der Waals surface area contributed by atoms with Crippen molar-refractivity contribution < 1.29 is 9.53 Å². The van der Waals surface area contributed by atoms with E-state index in [9.17, 15) is 4.79 Å². The number of rotatable bonds is 15. The average molecular weight is 407 g/mol. The van der Waals surface area contributed by atoms with Crippen LogP contribution in [0.5, 0.6) is 5.75 Å². The quantitative estimate of drug-likeness (QED) is 0.128. The summed E-state index contributed by atoms with van der Waals surface area (Å²) in [5, 5.41) is 2.26. The van der Waals surface area contributed by atoms with Gasteiger partial charge in [-0.3, -0.25) is 4.79 Å². The van der Waals surface area contributed by atoms with E-state index >= 15 is 0 Å². The van der Waals surface area contributed by atoms with Gasteiger partial charge in [-0.15, -0.1) is 0 Å². The number of unbranched alkanes of at least 4 members (excludes halogenated alkanes) is 8. The van der Waals surface area contributed by atoms with Crippen molar-refractivity contribution in [1.29, 1.82) is 0 Å². The molecule has 2 aromatic rings. The van der Waals surface area contributed by atoms with Crippen molar-refractivity contribution in [3.05, 3.63) is 66.8 Å². The van der Waals surface area contributed by atoms with Gasteiger partial charge < -0.3 is 4.74 Å². The van der Waals surface area contributed by atoms with Gasteiger partial charge in [0.05, 0.1) is 0 Å². The van der Waals surface area contributed by atoms with Crippen LogP contribution >= 0.6 is 0 Å². The molecular formula is C28H38O2. The number of esters is 1. The first kappa shape index (κ1) is 23.9. The van der Waals surface area contributed by atoms with Gasteiger partial charge in [0.2, 0.25) is 0 Å². The minimum absolute atomic E-state index is 0.129. The van der Waals surface area contributed by atoms with Crippen LogP contribution in [0.15, 0.2) is 66.8 Å².